The molecule has 0 saturated heterocycles. The van der Waals surface area contributed by atoms with Gasteiger partial charge in [-0.25, -0.2) is 4.39 Å². The number of methoxy groups -OCH3 is 1. The summed E-state index contributed by atoms with van der Waals surface area (Å²) in [6.07, 6.45) is 0. The van der Waals surface area contributed by atoms with E-state index in [1.807, 2.05) is 0 Å². The van der Waals surface area contributed by atoms with Crippen LogP contribution >= 0.6 is 23.2 Å². The van der Waals surface area contributed by atoms with Gasteiger partial charge in [0.25, 0.3) is 0 Å². The van der Waals surface area contributed by atoms with Crippen molar-refractivity contribution < 1.29 is 9.13 Å². The maximum Gasteiger partial charge on any atom is 0.142 e. The van der Waals surface area contributed by atoms with E-state index < -0.39 is 5.82 Å². The van der Waals surface area contributed by atoms with E-state index in [-0.39, 0.29) is 5.02 Å². The second-order valence-corrected chi connectivity index (χ2v) is 4.79. The van der Waals surface area contributed by atoms with Crippen molar-refractivity contribution in [1.82, 2.24) is 0 Å². The molecule has 0 bridgehead atoms. The Bertz CT molecular complexity index is 590. The van der Waals surface area contributed by atoms with E-state index in [2.05, 4.69) is 5.32 Å². The molecule has 0 fully saturated rings. The predicted molar refractivity (Wildman–Crippen MR) is 76.7 cm³/mol. The van der Waals surface area contributed by atoms with Gasteiger partial charge in [-0.1, -0.05) is 29.3 Å². The molecule has 2 rings (SSSR count). The summed E-state index contributed by atoms with van der Waals surface area (Å²) in [6.45, 7) is 0.449. The Kier molecular flexibility index (Phi) is 4.51. The van der Waals surface area contributed by atoms with Gasteiger partial charge < -0.3 is 10.1 Å². The van der Waals surface area contributed by atoms with Gasteiger partial charge in [0.1, 0.15) is 11.6 Å². The highest BCUT2D eigenvalue weighted by Gasteiger charge is 2.05. The molecule has 2 aromatic carbocycles. The molecule has 5 heteroatoms. The topological polar surface area (TPSA) is 21.3 Å². The van der Waals surface area contributed by atoms with E-state index in [9.17, 15) is 4.39 Å². The molecule has 19 heavy (non-hydrogen) atoms. The molecular formula is C14H12Cl2FNO. The van der Waals surface area contributed by atoms with Gasteiger partial charge in [0.15, 0.2) is 0 Å². The fourth-order valence-electron chi connectivity index (χ4n) is 1.67. The van der Waals surface area contributed by atoms with Gasteiger partial charge in [-0.15, -0.1) is 0 Å². The lowest BCUT2D eigenvalue weighted by Crippen LogP contribution is -2.01. The predicted octanol–water partition coefficient (Wildman–Crippen LogP) is 4.75. The van der Waals surface area contributed by atoms with Crippen LogP contribution in [-0.4, -0.2) is 7.11 Å². The van der Waals surface area contributed by atoms with E-state index in [1.165, 1.54) is 12.1 Å². The van der Waals surface area contributed by atoms with Crippen molar-refractivity contribution in [3.05, 3.63) is 57.8 Å². The van der Waals surface area contributed by atoms with Crippen LogP contribution in [0.1, 0.15) is 5.56 Å². The highest BCUT2D eigenvalue weighted by atomic mass is 35.5. The summed E-state index contributed by atoms with van der Waals surface area (Å²) in [4.78, 5) is 0. The number of nitrogens with one attached hydrogen (secondary N) is 1. The van der Waals surface area contributed by atoms with Gasteiger partial charge in [0.2, 0.25) is 0 Å². The Labute approximate surface area is 121 Å². The van der Waals surface area contributed by atoms with Gasteiger partial charge in [-0.3, -0.25) is 0 Å². The fraction of sp³-hybridized carbons (Fsp3) is 0.143. The molecule has 100 valence electrons. The zero-order valence-corrected chi connectivity index (χ0v) is 11.7. The number of hydrogen-bond acceptors (Lipinski definition) is 2. The molecule has 0 aromatic heterocycles. The number of rotatable bonds is 4. The van der Waals surface area contributed by atoms with Crippen LogP contribution in [0.2, 0.25) is 10.0 Å². The molecule has 0 atom stereocenters. The number of anilines is 1. The SMILES string of the molecule is COc1ccc(Cl)cc1NCc1ccc(Cl)c(F)c1. The Morgan fingerprint density at radius 3 is 2.63 bits per heavy atom. The lowest BCUT2D eigenvalue weighted by Gasteiger charge is -2.11. The standard InChI is InChI=1S/C14H12Cl2FNO/c1-19-14-5-3-10(15)7-13(14)18-8-9-2-4-11(16)12(17)6-9/h2-7,18H,8H2,1H3. The van der Waals surface area contributed by atoms with Gasteiger partial charge in [0, 0.05) is 11.6 Å². The van der Waals surface area contributed by atoms with E-state index in [0.29, 0.717) is 17.3 Å². The molecular weight excluding hydrogens is 288 g/mol. The van der Waals surface area contributed by atoms with Crippen LogP contribution < -0.4 is 10.1 Å². The van der Waals surface area contributed by atoms with Crippen molar-refractivity contribution in [2.75, 3.05) is 12.4 Å². The van der Waals surface area contributed by atoms with Gasteiger partial charge in [-0.05, 0) is 35.9 Å². The minimum atomic E-state index is -0.431. The molecule has 1 N–H and O–H groups in total. The first-order valence-electron chi connectivity index (χ1n) is 5.61. The van der Waals surface area contributed by atoms with Crippen molar-refractivity contribution in [2.24, 2.45) is 0 Å². The van der Waals surface area contributed by atoms with Crippen LogP contribution in [0.3, 0.4) is 0 Å². The molecule has 0 heterocycles. The third-order valence-electron chi connectivity index (χ3n) is 2.63. The van der Waals surface area contributed by atoms with E-state index in [1.54, 1.807) is 31.4 Å². The first-order valence-corrected chi connectivity index (χ1v) is 6.37. The van der Waals surface area contributed by atoms with Crippen LogP contribution in [0.15, 0.2) is 36.4 Å². The number of benzene rings is 2. The van der Waals surface area contributed by atoms with Crippen molar-refractivity contribution in [3.8, 4) is 5.75 Å². The van der Waals surface area contributed by atoms with Crippen molar-refractivity contribution in [1.29, 1.82) is 0 Å². The Morgan fingerprint density at radius 2 is 1.95 bits per heavy atom. The van der Waals surface area contributed by atoms with E-state index >= 15 is 0 Å². The van der Waals surface area contributed by atoms with Crippen LogP contribution in [0.5, 0.6) is 5.75 Å². The summed E-state index contributed by atoms with van der Waals surface area (Å²) in [5.74, 6) is 0.248. The Hall–Kier alpha value is -1.45. The molecule has 0 saturated carbocycles. The largest absolute Gasteiger partial charge is 0.495 e. The molecule has 0 aliphatic carbocycles. The van der Waals surface area contributed by atoms with Crippen LogP contribution in [0.25, 0.3) is 0 Å². The molecule has 2 nitrogen and oxygen atoms in total. The normalized spacial score (nSPS) is 10.3. The highest BCUT2D eigenvalue weighted by molar-refractivity contribution is 6.31. The molecule has 0 unspecified atom stereocenters. The van der Waals surface area contributed by atoms with Crippen LogP contribution in [-0.2, 0) is 6.54 Å². The monoisotopic (exact) mass is 299 g/mol. The summed E-state index contributed by atoms with van der Waals surface area (Å²) in [7, 11) is 1.58. The smallest absolute Gasteiger partial charge is 0.142 e. The summed E-state index contributed by atoms with van der Waals surface area (Å²) in [5, 5.41) is 3.87. The Balaban J connectivity index is 2.13. The van der Waals surface area contributed by atoms with Gasteiger partial charge in [-0.2, -0.15) is 0 Å². The lowest BCUT2D eigenvalue weighted by molar-refractivity contribution is 0.416. The van der Waals surface area contributed by atoms with Crippen molar-refractivity contribution in [3.63, 3.8) is 0 Å². The fourth-order valence-corrected chi connectivity index (χ4v) is 1.95. The average molecular weight is 300 g/mol. The maximum atomic E-state index is 13.3. The number of hydrogen-bond donors (Lipinski definition) is 1. The molecule has 0 amide bonds. The molecule has 0 aliphatic rings. The summed E-state index contributed by atoms with van der Waals surface area (Å²) < 4.78 is 18.5. The molecule has 0 spiro atoms. The quantitative estimate of drug-likeness (QED) is 0.879. The first kappa shape index (κ1) is 14.0. The zero-order valence-electron chi connectivity index (χ0n) is 10.2. The molecule has 2 aromatic rings. The minimum absolute atomic E-state index is 0.115. The van der Waals surface area contributed by atoms with Crippen LogP contribution in [0.4, 0.5) is 10.1 Å². The maximum absolute atomic E-state index is 13.3. The Morgan fingerprint density at radius 1 is 1.16 bits per heavy atom. The third kappa shape index (κ3) is 3.52. The zero-order chi connectivity index (χ0) is 13.8. The highest BCUT2D eigenvalue weighted by Crippen LogP contribution is 2.28. The third-order valence-corrected chi connectivity index (χ3v) is 3.17. The number of halogens is 3. The average Bonchev–Trinajstić information content (AvgIpc) is 2.40. The van der Waals surface area contributed by atoms with E-state index in [4.69, 9.17) is 27.9 Å². The number of ether oxygens (including phenoxy) is 1. The van der Waals surface area contributed by atoms with Crippen LogP contribution in [0, 0.1) is 5.82 Å². The van der Waals surface area contributed by atoms with Crippen molar-refractivity contribution in [2.45, 2.75) is 6.54 Å². The summed E-state index contributed by atoms with van der Waals surface area (Å²) >= 11 is 11.6. The first-order chi connectivity index (χ1) is 9.10. The molecule has 0 aliphatic heterocycles. The van der Waals surface area contributed by atoms with E-state index in [0.717, 1.165) is 11.3 Å². The van der Waals surface area contributed by atoms with Gasteiger partial charge >= 0.3 is 0 Å². The second-order valence-electron chi connectivity index (χ2n) is 3.95. The van der Waals surface area contributed by atoms with Gasteiger partial charge in [0.05, 0.1) is 17.8 Å². The second kappa shape index (κ2) is 6.13. The minimum Gasteiger partial charge on any atom is -0.495 e. The summed E-state index contributed by atoms with van der Waals surface area (Å²) in [5.41, 5.74) is 1.54. The summed E-state index contributed by atoms with van der Waals surface area (Å²) in [6, 6.07) is 9.96. The molecule has 0 radical (unpaired) electrons. The lowest BCUT2D eigenvalue weighted by atomic mass is 10.2. The van der Waals surface area contributed by atoms with Crippen molar-refractivity contribution >= 4 is 28.9 Å².